The normalized spacial score (nSPS) is 10.9. The highest BCUT2D eigenvalue weighted by Gasteiger charge is 1.99. The molecule has 0 aliphatic rings. The Hall–Kier alpha value is 0.980. The van der Waals surface area contributed by atoms with Crippen molar-refractivity contribution < 1.29 is 0 Å². The maximum absolute atomic E-state index is 3.43. The molecule has 86 valence electrons. The lowest BCUT2D eigenvalue weighted by molar-refractivity contribution is 1.00. The molecule has 2 aromatic heterocycles. The van der Waals surface area contributed by atoms with E-state index in [2.05, 4.69) is 53.7 Å². The van der Waals surface area contributed by atoms with Crippen LogP contribution in [0.3, 0.4) is 0 Å². The number of halogens is 2. The van der Waals surface area contributed by atoms with Crippen LogP contribution in [0.15, 0.2) is 40.3 Å². The number of hydrazine groups is 1. The van der Waals surface area contributed by atoms with Crippen molar-refractivity contribution in [2.45, 2.75) is 8.42 Å². The molecule has 0 bridgehead atoms. The van der Waals surface area contributed by atoms with E-state index in [4.69, 9.17) is 0 Å². The highest BCUT2D eigenvalue weighted by atomic mass is 79.9. The summed E-state index contributed by atoms with van der Waals surface area (Å²) in [6.07, 6.45) is 0. The first-order valence-corrected chi connectivity index (χ1v) is 8.93. The third-order valence-corrected chi connectivity index (χ3v) is 6.49. The summed E-state index contributed by atoms with van der Waals surface area (Å²) in [5, 5.41) is 0. The topological polar surface area (TPSA) is 24.1 Å². The lowest BCUT2D eigenvalue weighted by Crippen LogP contribution is -2.16. The van der Waals surface area contributed by atoms with Crippen LogP contribution in [-0.4, -0.2) is 0 Å². The minimum absolute atomic E-state index is 1.15. The fraction of sp³-hybridized carbons (Fsp3) is 0. The molecule has 2 aromatic rings. The summed E-state index contributed by atoms with van der Waals surface area (Å²) >= 11 is 13.4. The Balaban J connectivity index is 1.69. The molecular weight excluding hydrogens is 412 g/mol. The minimum Gasteiger partial charge on any atom is -0.186 e. The Kier molecular flexibility index (Phi) is 5.69. The van der Waals surface area contributed by atoms with Crippen LogP contribution < -0.4 is 9.66 Å². The Morgan fingerprint density at radius 2 is 1.25 bits per heavy atom. The third-order valence-electron chi connectivity index (χ3n) is 1.44. The van der Waals surface area contributed by atoms with Crippen molar-refractivity contribution in [3.8, 4) is 0 Å². The molecule has 0 atom stereocenters. The van der Waals surface area contributed by atoms with Gasteiger partial charge in [-0.25, -0.2) is 0 Å². The zero-order chi connectivity index (χ0) is 11.4. The molecule has 0 radical (unpaired) electrons. The second-order valence-corrected chi connectivity index (χ2v) is 9.66. The first-order valence-electron chi connectivity index (χ1n) is 4.08. The molecule has 0 aliphatic heterocycles. The molecule has 2 nitrogen and oxygen atoms in total. The van der Waals surface area contributed by atoms with Crippen LogP contribution in [0.5, 0.6) is 0 Å². The van der Waals surface area contributed by atoms with Crippen LogP contribution in [-0.2, 0) is 0 Å². The zero-order valence-corrected chi connectivity index (χ0v) is 14.1. The van der Waals surface area contributed by atoms with Crippen molar-refractivity contribution >= 4 is 78.4 Å². The summed E-state index contributed by atoms with van der Waals surface area (Å²) < 4.78 is 4.72. The van der Waals surface area contributed by atoms with Crippen molar-refractivity contribution in [1.29, 1.82) is 0 Å². The maximum Gasteiger partial charge on any atom is 0.0776 e. The van der Waals surface area contributed by atoms with Gasteiger partial charge >= 0.3 is 0 Å². The molecule has 2 rings (SSSR count). The quantitative estimate of drug-likeness (QED) is 0.399. The van der Waals surface area contributed by atoms with Gasteiger partial charge in [-0.15, -0.1) is 22.7 Å². The Bertz CT molecular complexity index is 414. The molecule has 0 saturated heterocycles. The van der Waals surface area contributed by atoms with Gasteiger partial charge in [-0.1, -0.05) is 0 Å². The highest BCUT2D eigenvalue weighted by molar-refractivity contribution is 9.11. The van der Waals surface area contributed by atoms with Crippen molar-refractivity contribution in [2.24, 2.45) is 0 Å². The predicted molar refractivity (Wildman–Crippen MR) is 82.0 cm³/mol. The number of rotatable bonds is 5. The minimum atomic E-state index is 1.15. The fourth-order valence-electron chi connectivity index (χ4n) is 0.847. The summed E-state index contributed by atoms with van der Waals surface area (Å²) in [7, 11) is 0. The number of hydrogen-bond acceptors (Lipinski definition) is 6. The average molecular weight is 418 g/mol. The predicted octanol–water partition coefficient (Wildman–Crippen LogP) is 5.14. The Labute approximate surface area is 127 Å². The lowest BCUT2D eigenvalue weighted by atomic mass is 10.7. The molecule has 8 heteroatoms. The molecule has 0 fully saturated rings. The standard InChI is InChI=1S/C8H6Br2N2S4/c9-5-1-3-7(13-5)15-11-12-16-8-4-2-6(10)14-8/h1-4,11-12H. The molecule has 0 spiro atoms. The first kappa shape index (κ1) is 13.4. The zero-order valence-electron chi connectivity index (χ0n) is 7.70. The van der Waals surface area contributed by atoms with Crippen LogP contribution in [0.4, 0.5) is 0 Å². The maximum atomic E-state index is 3.43. The van der Waals surface area contributed by atoms with E-state index in [9.17, 15) is 0 Å². The van der Waals surface area contributed by atoms with Crippen molar-refractivity contribution in [3.05, 3.63) is 31.8 Å². The van der Waals surface area contributed by atoms with E-state index < -0.39 is 0 Å². The molecule has 16 heavy (non-hydrogen) atoms. The number of thiophene rings is 2. The van der Waals surface area contributed by atoms with Crippen molar-refractivity contribution in [3.63, 3.8) is 0 Å². The summed E-state index contributed by atoms with van der Waals surface area (Å²) in [6, 6.07) is 8.22. The van der Waals surface area contributed by atoms with E-state index >= 15 is 0 Å². The van der Waals surface area contributed by atoms with Gasteiger partial charge in [-0.2, -0.15) is 9.66 Å². The van der Waals surface area contributed by atoms with E-state index in [-0.39, 0.29) is 0 Å². The van der Waals surface area contributed by atoms with E-state index in [1.54, 1.807) is 46.6 Å². The van der Waals surface area contributed by atoms with Crippen LogP contribution in [0.1, 0.15) is 0 Å². The van der Waals surface area contributed by atoms with Gasteiger partial charge in [0.05, 0.1) is 16.0 Å². The smallest absolute Gasteiger partial charge is 0.0776 e. The van der Waals surface area contributed by atoms with E-state index in [0.717, 1.165) is 7.57 Å². The largest absolute Gasteiger partial charge is 0.186 e. The van der Waals surface area contributed by atoms with E-state index in [0.29, 0.717) is 0 Å². The number of hydrogen-bond donors (Lipinski definition) is 2. The van der Waals surface area contributed by atoms with Crippen molar-refractivity contribution in [2.75, 3.05) is 0 Å². The molecule has 2 N–H and O–H groups in total. The van der Waals surface area contributed by atoms with Gasteiger partial charge in [0, 0.05) is 0 Å². The molecular formula is C8H6Br2N2S4. The summed E-state index contributed by atoms with van der Waals surface area (Å²) in [5.41, 5.74) is 0. The summed E-state index contributed by atoms with van der Waals surface area (Å²) in [5.74, 6) is 0. The number of nitrogens with one attached hydrogen (secondary N) is 2. The summed E-state index contributed by atoms with van der Waals surface area (Å²) in [6.45, 7) is 0. The van der Waals surface area contributed by atoms with E-state index in [1.807, 2.05) is 12.1 Å². The van der Waals surface area contributed by atoms with Gasteiger partial charge in [0.25, 0.3) is 0 Å². The van der Waals surface area contributed by atoms with Crippen LogP contribution in [0, 0.1) is 0 Å². The average Bonchev–Trinajstić information content (AvgIpc) is 2.83. The van der Waals surface area contributed by atoms with Gasteiger partial charge in [0.2, 0.25) is 0 Å². The Morgan fingerprint density at radius 1 is 0.812 bits per heavy atom. The SMILES string of the molecule is Brc1ccc(SNNSc2ccc(Br)s2)s1. The molecule has 0 aromatic carbocycles. The monoisotopic (exact) mass is 416 g/mol. The molecule has 0 amide bonds. The summed E-state index contributed by atoms with van der Waals surface area (Å²) in [4.78, 5) is 6.17. The molecule has 2 heterocycles. The second-order valence-electron chi connectivity index (χ2n) is 2.53. The van der Waals surface area contributed by atoms with Crippen molar-refractivity contribution in [1.82, 2.24) is 9.66 Å². The second kappa shape index (κ2) is 6.79. The third kappa shape index (κ3) is 4.34. The van der Waals surface area contributed by atoms with Gasteiger partial charge in [-0.05, 0) is 80.0 Å². The first-order chi connectivity index (χ1) is 7.74. The van der Waals surface area contributed by atoms with Gasteiger partial charge in [0.1, 0.15) is 0 Å². The Morgan fingerprint density at radius 3 is 1.56 bits per heavy atom. The van der Waals surface area contributed by atoms with Crippen LogP contribution in [0.2, 0.25) is 0 Å². The van der Waals surface area contributed by atoms with Gasteiger partial charge < -0.3 is 0 Å². The van der Waals surface area contributed by atoms with E-state index in [1.165, 1.54) is 8.42 Å². The molecule has 0 unspecified atom stereocenters. The lowest BCUT2D eigenvalue weighted by Gasteiger charge is -2.01. The molecule has 0 saturated carbocycles. The van der Waals surface area contributed by atoms with Gasteiger partial charge in [0.15, 0.2) is 0 Å². The fourth-order valence-corrected chi connectivity index (χ4v) is 5.66. The van der Waals surface area contributed by atoms with Gasteiger partial charge in [-0.3, -0.25) is 0 Å². The molecule has 0 aliphatic carbocycles. The van der Waals surface area contributed by atoms with Crippen LogP contribution in [0.25, 0.3) is 0 Å². The van der Waals surface area contributed by atoms with Crippen LogP contribution >= 0.6 is 78.4 Å². The highest BCUT2D eigenvalue weighted by Crippen LogP contribution is 2.30.